The second kappa shape index (κ2) is 7.51. The SMILES string of the molecule is O=S(=O)(c1cccc2cccnc12)N1CCN(c2ccc(-n3cccc3)nn2)CC1. The van der Waals surface area contributed by atoms with Crippen LogP contribution in [0.5, 0.6) is 0 Å². The molecule has 0 saturated carbocycles. The fraction of sp³-hybridized carbons (Fsp3) is 0.190. The van der Waals surface area contributed by atoms with Gasteiger partial charge in [0.1, 0.15) is 4.90 Å². The zero-order valence-electron chi connectivity index (χ0n) is 16.2. The van der Waals surface area contributed by atoms with Gasteiger partial charge in [-0.25, -0.2) is 8.42 Å². The largest absolute Gasteiger partial charge is 0.352 e. The Morgan fingerprint density at radius 1 is 0.767 bits per heavy atom. The summed E-state index contributed by atoms with van der Waals surface area (Å²) in [5.74, 6) is 1.49. The molecule has 0 amide bonds. The van der Waals surface area contributed by atoms with Crippen molar-refractivity contribution in [3.05, 3.63) is 73.2 Å². The third-order valence-corrected chi connectivity index (χ3v) is 7.21. The van der Waals surface area contributed by atoms with E-state index in [2.05, 4.69) is 20.1 Å². The molecule has 0 N–H and O–H groups in total. The van der Waals surface area contributed by atoms with E-state index in [4.69, 9.17) is 0 Å². The molecule has 152 valence electrons. The van der Waals surface area contributed by atoms with Crippen LogP contribution in [0.15, 0.2) is 78.1 Å². The maximum atomic E-state index is 13.3. The number of rotatable bonds is 4. The predicted octanol–water partition coefficient (Wildman–Crippen LogP) is 2.33. The van der Waals surface area contributed by atoms with E-state index < -0.39 is 10.0 Å². The summed E-state index contributed by atoms with van der Waals surface area (Å²) in [6.45, 7) is 1.86. The van der Waals surface area contributed by atoms with Crippen LogP contribution in [0.25, 0.3) is 16.7 Å². The highest BCUT2D eigenvalue weighted by Gasteiger charge is 2.30. The van der Waals surface area contributed by atoms with Crippen LogP contribution in [0.2, 0.25) is 0 Å². The normalized spacial score (nSPS) is 15.5. The number of pyridine rings is 1. The Balaban J connectivity index is 1.33. The first-order valence-corrected chi connectivity index (χ1v) is 11.1. The van der Waals surface area contributed by atoms with Gasteiger partial charge in [-0.3, -0.25) is 4.98 Å². The summed E-state index contributed by atoms with van der Waals surface area (Å²) in [6.07, 6.45) is 5.44. The number of hydrogen-bond donors (Lipinski definition) is 0. The molecule has 5 rings (SSSR count). The summed E-state index contributed by atoms with van der Waals surface area (Å²) in [4.78, 5) is 6.61. The summed E-state index contributed by atoms with van der Waals surface area (Å²) in [7, 11) is -3.63. The third-order valence-electron chi connectivity index (χ3n) is 5.28. The molecule has 30 heavy (non-hydrogen) atoms. The molecular formula is C21H20N6O2S. The average molecular weight is 420 g/mol. The molecule has 8 nitrogen and oxygen atoms in total. The Hall–Kier alpha value is -3.30. The number of hydrogen-bond acceptors (Lipinski definition) is 6. The smallest absolute Gasteiger partial charge is 0.245 e. The number of para-hydroxylation sites is 1. The molecule has 0 radical (unpaired) electrons. The topological polar surface area (TPSA) is 84.2 Å². The van der Waals surface area contributed by atoms with Crippen molar-refractivity contribution in [1.82, 2.24) is 24.1 Å². The van der Waals surface area contributed by atoms with Gasteiger partial charge in [0.15, 0.2) is 11.6 Å². The van der Waals surface area contributed by atoms with Gasteiger partial charge in [0.05, 0.1) is 5.52 Å². The number of aromatic nitrogens is 4. The summed E-state index contributed by atoms with van der Waals surface area (Å²) in [6, 6.07) is 16.6. The van der Waals surface area contributed by atoms with E-state index in [9.17, 15) is 8.42 Å². The van der Waals surface area contributed by atoms with Crippen molar-refractivity contribution in [3.8, 4) is 5.82 Å². The van der Waals surface area contributed by atoms with Crippen LogP contribution in [0.4, 0.5) is 5.82 Å². The van der Waals surface area contributed by atoms with E-state index in [-0.39, 0.29) is 4.90 Å². The van der Waals surface area contributed by atoms with E-state index in [0.29, 0.717) is 31.7 Å². The zero-order valence-corrected chi connectivity index (χ0v) is 17.0. The fourth-order valence-corrected chi connectivity index (χ4v) is 5.28. The lowest BCUT2D eigenvalue weighted by molar-refractivity contribution is 0.384. The lowest BCUT2D eigenvalue weighted by Gasteiger charge is -2.34. The molecule has 4 aromatic rings. The minimum atomic E-state index is -3.63. The molecule has 1 aliphatic rings. The van der Waals surface area contributed by atoms with Gasteiger partial charge in [-0.15, -0.1) is 10.2 Å². The van der Waals surface area contributed by atoms with Gasteiger partial charge < -0.3 is 9.47 Å². The second-order valence-electron chi connectivity index (χ2n) is 7.06. The Morgan fingerprint density at radius 3 is 2.20 bits per heavy atom. The van der Waals surface area contributed by atoms with Gasteiger partial charge >= 0.3 is 0 Å². The van der Waals surface area contributed by atoms with Crippen LogP contribution < -0.4 is 4.90 Å². The van der Waals surface area contributed by atoms with Gasteiger partial charge in [-0.05, 0) is 36.4 Å². The Morgan fingerprint density at radius 2 is 1.47 bits per heavy atom. The van der Waals surface area contributed by atoms with Crippen molar-refractivity contribution < 1.29 is 8.42 Å². The zero-order chi connectivity index (χ0) is 20.6. The highest BCUT2D eigenvalue weighted by atomic mass is 32.2. The van der Waals surface area contributed by atoms with Gasteiger partial charge in [-0.2, -0.15) is 4.31 Å². The molecule has 1 aromatic carbocycles. The van der Waals surface area contributed by atoms with Gasteiger partial charge in [0, 0.05) is 50.2 Å². The molecule has 1 saturated heterocycles. The quantitative estimate of drug-likeness (QED) is 0.504. The highest BCUT2D eigenvalue weighted by Crippen LogP contribution is 2.25. The van der Waals surface area contributed by atoms with Crippen LogP contribution in [0.3, 0.4) is 0 Å². The summed E-state index contributed by atoms with van der Waals surface area (Å²) < 4.78 is 29.9. The average Bonchev–Trinajstić information content (AvgIpc) is 3.34. The van der Waals surface area contributed by atoms with Crippen molar-refractivity contribution in [2.75, 3.05) is 31.1 Å². The Bertz CT molecular complexity index is 1260. The van der Waals surface area contributed by atoms with E-state index in [1.54, 1.807) is 24.4 Å². The molecule has 0 unspecified atom stereocenters. The van der Waals surface area contributed by atoms with E-state index in [1.165, 1.54) is 4.31 Å². The fourth-order valence-electron chi connectivity index (χ4n) is 3.69. The maximum Gasteiger partial charge on any atom is 0.245 e. The molecular weight excluding hydrogens is 400 g/mol. The van der Waals surface area contributed by atoms with Crippen molar-refractivity contribution >= 4 is 26.7 Å². The molecule has 0 atom stereocenters. The molecule has 3 aromatic heterocycles. The Kier molecular flexibility index (Phi) is 4.68. The van der Waals surface area contributed by atoms with Crippen molar-refractivity contribution in [3.63, 3.8) is 0 Å². The van der Waals surface area contributed by atoms with Crippen molar-refractivity contribution in [2.24, 2.45) is 0 Å². The number of piperazine rings is 1. The van der Waals surface area contributed by atoms with E-state index in [1.807, 2.05) is 53.4 Å². The van der Waals surface area contributed by atoms with Crippen LogP contribution in [-0.2, 0) is 10.0 Å². The van der Waals surface area contributed by atoms with Gasteiger partial charge in [-0.1, -0.05) is 18.2 Å². The van der Waals surface area contributed by atoms with Gasteiger partial charge in [0.2, 0.25) is 10.0 Å². The molecule has 1 aliphatic heterocycles. The lowest BCUT2D eigenvalue weighted by atomic mass is 10.2. The first-order chi connectivity index (χ1) is 14.6. The number of sulfonamides is 1. The molecule has 4 heterocycles. The number of fused-ring (bicyclic) bond motifs is 1. The highest BCUT2D eigenvalue weighted by molar-refractivity contribution is 7.89. The van der Waals surface area contributed by atoms with Crippen molar-refractivity contribution in [2.45, 2.75) is 4.90 Å². The molecule has 1 fully saturated rings. The minimum absolute atomic E-state index is 0.255. The maximum absolute atomic E-state index is 13.3. The Labute approximate surface area is 174 Å². The number of benzene rings is 1. The molecule has 0 bridgehead atoms. The second-order valence-corrected chi connectivity index (χ2v) is 8.97. The summed E-state index contributed by atoms with van der Waals surface area (Å²) in [5, 5.41) is 9.41. The predicted molar refractivity (Wildman–Crippen MR) is 114 cm³/mol. The first kappa shape index (κ1) is 18.7. The molecule has 0 spiro atoms. The number of nitrogens with zero attached hydrogens (tertiary/aromatic N) is 6. The van der Waals surface area contributed by atoms with E-state index >= 15 is 0 Å². The lowest BCUT2D eigenvalue weighted by Crippen LogP contribution is -2.49. The van der Waals surface area contributed by atoms with Crippen LogP contribution in [-0.4, -0.2) is 58.7 Å². The molecule has 0 aliphatic carbocycles. The number of anilines is 1. The minimum Gasteiger partial charge on any atom is -0.352 e. The monoisotopic (exact) mass is 420 g/mol. The summed E-state index contributed by atoms with van der Waals surface area (Å²) in [5.41, 5.74) is 0.508. The van der Waals surface area contributed by atoms with Crippen LogP contribution in [0, 0.1) is 0 Å². The van der Waals surface area contributed by atoms with Gasteiger partial charge in [0.25, 0.3) is 0 Å². The van der Waals surface area contributed by atoms with Crippen LogP contribution >= 0.6 is 0 Å². The third kappa shape index (κ3) is 3.31. The molecule has 9 heteroatoms. The standard InChI is InChI=1S/C21H20N6O2S/c28-30(29,18-7-3-5-17-6-4-10-22-21(17)18)27-15-13-26(14-16-27)20-9-8-19(23-24-20)25-11-1-2-12-25/h1-12H,13-16H2. The van der Waals surface area contributed by atoms with Crippen LogP contribution in [0.1, 0.15) is 0 Å². The summed E-state index contributed by atoms with van der Waals surface area (Å²) >= 11 is 0. The first-order valence-electron chi connectivity index (χ1n) is 9.69. The van der Waals surface area contributed by atoms with E-state index in [0.717, 1.165) is 17.0 Å². The van der Waals surface area contributed by atoms with Crippen molar-refractivity contribution in [1.29, 1.82) is 0 Å².